The first-order chi connectivity index (χ1) is 8.13. The Hall–Kier alpha value is -0.780. The molecule has 0 saturated heterocycles. The van der Waals surface area contributed by atoms with Crippen molar-refractivity contribution in [3.05, 3.63) is 27.7 Å². The van der Waals surface area contributed by atoms with Crippen LogP contribution in [0.1, 0.15) is 0 Å². The van der Waals surface area contributed by atoms with Gasteiger partial charge < -0.3 is 15.4 Å². The van der Waals surface area contributed by atoms with Crippen LogP contribution in [0.25, 0.3) is 0 Å². The van der Waals surface area contributed by atoms with Crippen molar-refractivity contribution in [1.82, 2.24) is 5.32 Å². The Labute approximate surface area is 114 Å². The SMILES string of the molecule is COCCNC(=O)CNc1ccc(Br)cc1Cl. The normalized spacial score (nSPS) is 10.1. The molecule has 4 nitrogen and oxygen atoms in total. The number of carbonyl (C=O) groups is 1. The molecule has 1 amide bonds. The Morgan fingerprint density at radius 2 is 2.29 bits per heavy atom. The molecule has 0 aliphatic heterocycles. The predicted octanol–water partition coefficient (Wildman–Crippen LogP) is 2.28. The molecule has 6 heteroatoms. The summed E-state index contributed by atoms with van der Waals surface area (Å²) in [6, 6.07) is 5.44. The van der Waals surface area contributed by atoms with Gasteiger partial charge in [-0.3, -0.25) is 4.79 Å². The fourth-order valence-electron chi connectivity index (χ4n) is 1.16. The molecule has 94 valence electrons. The van der Waals surface area contributed by atoms with Crippen molar-refractivity contribution in [1.29, 1.82) is 0 Å². The number of methoxy groups -OCH3 is 1. The zero-order valence-electron chi connectivity index (χ0n) is 9.43. The second-order valence-corrected chi connectivity index (χ2v) is 4.64. The van der Waals surface area contributed by atoms with E-state index in [-0.39, 0.29) is 12.5 Å². The van der Waals surface area contributed by atoms with E-state index >= 15 is 0 Å². The van der Waals surface area contributed by atoms with Crippen LogP contribution >= 0.6 is 27.5 Å². The fraction of sp³-hybridized carbons (Fsp3) is 0.364. The number of rotatable bonds is 6. The molecule has 2 N–H and O–H groups in total. The summed E-state index contributed by atoms with van der Waals surface area (Å²) in [5.74, 6) is -0.0963. The predicted molar refractivity (Wildman–Crippen MR) is 72.5 cm³/mol. The molecule has 0 fully saturated rings. The Morgan fingerprint density at radius 1 is 1.53 bits per heavy atom. The molecule has 0 atom stereocenters. The number of halogens is 2. The summed E-state index contributed by atoms with van der Waals surface area (Å²) in [5.41, 5.74) is 0.733. The van der Waals surface area contributed by atoms with Crippen molar-refractivity contribution in [2.45, 2.75) is 0 Å². The lowest BCUT2D eigenvalue weighted by atomic mass is 10.3. The minimum atomic E-state index is -0.0963. The highest BCUT2D eigenvalue weighted by Gasteiger charge is 2.03. The van der Waals surface area contributed by atoms with Crippen molar-refractivity contribution < 1.29 is 9.53 Å². The summed E-state index contributed by atoms with van der Waals surface area (Å²) in [6.07, 6.45) is 0. The van der Waals surface area contributed by atoms with E-state index in [4.69, 9.17) is 16.3 Å². The average molecular weight is 322 g/mol. The van der Waals surface area contributed by atoms with Gasteiger partial charge in [-0.1, -0.05) is 27.5 Å². The third-order valence-corrected chi connectivity index (χ3v) is 2.80. The molecular weight excluding hydrogens is 307 g/mol. The largest absolute Gasteiger partial charge is 0.383 e. The topological polar surface area (TPSA) is 50.4 Å². The first-order valence-electron chi connectivity index (χ1n) is 5.08. The van der Waals surface area contributed by atoms with E-state index in [0.29, 0.717) is 18.2 Å². The number of hydrogen-bond acceptors (Lipinski definition) is 3. The summed E-state index contributed by atoms with van der Waals surface area (Å²) in [7, 11) is 1.59. The van der Waals surface area contributed by atoms with E-state index in [1.807, 2.05) is 12.1 Å². The van der Waals surface area contributed by atoms with Crippen molar-refractivity contribution in [3.8, 4) is 0 Å². The van der Waals surface area contributed by atoms with E-state index in [1.165, 1.54) is 0 Å². The number of benzene rings is 1. The number of amides is 1. The minimum Gasteiger partial charge on any atom is -0.383 e. The van der Waals surface area contributed by atoms with Gasteiger partial charge in [-0.25, -0.2) is 0 Å². The molecule has 0 aliphatic rings. The van der Waals surface area contributed by atoms with E-state index in [2.05, 4.69) is 26.6 Å². The number of ether oxygens (including phenoxy) is 1. The van der Waals surface area contributed by atoms with Gasteiger partial charge in [-0.05, 0) is 18.2 Å². The molecule has 1 aromatic carbocycles. The standard InChI is InChI=1S/C11H14BrClN2O2/c1-17-5-4-14-11(16)7-15-10-3-2-8(12)6-9(10)13/h2-3,6,15H,4-5,7H2,1H3,(H,14,16). The maximum Gasteiger partial charge on any atom is 0.239 e. The zero-order valence-corrected chi connectivity index (χ0v) is 11.8. The molecule has 1 rings (SSSR count). The van der Waals surface area contributed by atoms with Gasteiger partial charge in [0, 0.05) is 18.1 Å². The van der Waals surface area contributed by atoms with Gasteiger partial charge in [0.25, 0.3) is 0 Å². The lowest BCUT2D eigenvalue weighted by Crippen LogP contribution is -2.32. The van der Waals surface area contributed by atoms with Gasteiger partial charge in [0.1, 0.15) is 0 Å². The zero-order chi connectivity index (χ0) is 12.7. The van der Waals surface area contributed by atoms with Crippen LogP contribution in [0.2, 0.25) is 5.02 Å². The van der Waals surface area contributed by atoms with Crippen LogP contribution in [-0.4, -0.2) is 32.7 Å². The summed E-state index contributed by atoms with van der Waals surface area (Å²) in [5, 5.41) is 6.24. The number of carbonyl (C=O) groups excluding carboxylic acids is 1. The van der Waals surface area contributed by atoms with Crippen molar-refractivity contribution in [2.24, 2.45) is 0 Å². The van der Waals surface area contributed by atoms with Crippen LogP contribution in [0.15, 0.2) is 22.7 Å². The smallest absolute Gasteiger partial charge is 0.239 e. The molecule has 0 heterocycles. The van der Waals surface area contributed by atoms with Crippen LogP contribution in [0.4, 0.5) is 5.69 Å². The Balaban J connectivity index is 2.37. The Kier molecular flexibility index (Phi) is 6.32. The van der Waals surface area contributed by atoms with Gasteiger partial charge in [-0.2, -0.15) is 0 Å². The monoisotopic (exact) mass is 320 g/mol. The summed E-state index contributed by atoms with van der Waals surface area (Å²) >= 11 is 9.31. The van der Waals surface area contributed by atoms with E-state index < -0.39 is 0 Å². The highest BCUT2D eigenvalue weighted by Crippen LogP contribution is 2.25. The second kappa shape index (κ2) is 7.53. The number of anilines is 1. The molecule has 0 spiro atoms. The quantitative estimate of drug-likeness (QED) is 0.790. The van der Waals surface area contributed by atoms with Gasteiger partial charge in [0.15, 0.2) is 0 Å². The molecule has 1 aromatic rings. The van der Waals surface area contributed by atoms with Crippen LogP contribution in [-0.2, 0) is 9.53 Å². The first kappa shape index (κ1) is 14.3. The van der Waals surface area contributed by atoms with E-state index in [1.54, 1.807) is 13.2 Å². The summed E-state index contributed by atoms with van der Waals surface area (Å²) in [6.45, 7) is 1.20. The molecule has 17 heavy (non-hydrogen) atoms. The maximum absolute atomic E-state index is 11.4. The average Bonchev–Trinajstić information content (AvgIpc) is 2.28. The lowest BCUT2D eigenvalue weighted by molar-refractivity contribution is -0.119. The molecule has 0 aromatic heterocycles. The van der Waals surface area contributed by atoms with Crippen LogP contribution in [0.5, 0.6) is 0 Å². The van der Waals surface area contributed by atoms with Gasteiger partial charge in [0.05, 0.1) is 23.9 Å². The molecule has 0 aliphatic carbocycles. The summed E-state index contributed by atoms with van der Waals surface area (Å²) < 4.78 is 5.73. The second-order valence-electron chi connectivity index (χ2n) is 3.32. The van der Waals surface area contributed by atoms with Crippen LogP contribution in [0, 0.1) is 0 Å². The molecular formula is C11H14BrClN2O2. The van der Waals surface area contributed by atoms with Gasteiger partial charge >= 0.3 is 0 Å². The van der Waals surface area contributed by atoms with Crippen LogP contribution in [0.3, 0.4) is 0 Å². The molecule has 0 saturated carbocycles. The van der Waals surface area contributed by atoms with Gasteiger partial charge in [0.2, 0.25) is 5.91 Å². The van der Waals surface area contributed by atoms with Crippen molar-refractivity contribution in [3.63, 3.8) is 0 Å². The van der Waals surface area contributed by atoms with Crippen molar-refractivity contribution in [2.75, 3.05) is 32.1 Å². The third kappa shape index (κ3) is 5.39. The maximum atomic E-state index is 11.4. The Bertz CT molecular complexity index is 388. The molecule has 0 radical (unpaired) electrons. The summed E-state index contributed by atoms with van der Waals surface area (Å²) in [4.78, 5) is 11.4. The third-order valence-electron chi connectivity index (χ3n) is 2.00. The number of nitrogens with one attached hydrogen (secondary N) is 2. The highest BCUT2D eigenvalue weighted by molar-refractivity contribution is 9.10. The molecule has 0 bridgehead atoms. The van der Waals surface area contributed by atoms with E-state index in [9.17, 15) is 4.79 Å². The molecule has 0 unspecified atom stereocenters. The Morgan fingerprint density at radius 3 is 2.94 bits per heavy atom. The van der Waals surface area contributed by atoms with Crippen LogP contribution < -0.4 is 10.6 Å². The lowest BCUT2D eigenvalue weighted by Gasteiger charge is -2.09. The number of hydrogen-bond donors (Lipinski definition) is 2. The fourth-order valence-corrected chi connectivity index (χ4v) is 1.90. The van der Waals surface area contributed by atoms with E-state index in [0.717, 1.165) is 10.2 Å². The first-order valence-corrected chi connectivity index (χ1v) is 6.25. The minimum absolute atomic E-state index is 0.0963. The van der Waals surface area contributed by atoms with Gasteiger partial charge in [-0.15, -0.1) is 0 Å². The van der Waals surface area contributed by atoms with Crippen molar-refractivity contribution >= 4 is 39.1 Å². The highest BCUT2D eigenvalue weighted by atomic mass is 79.9.